The van der Waals surface area contributed by atoms with Crippen molar-refractivity contribution in [2.45, 2.75) is 25.3 Å². The number of fused-ring (bicyclic) bond motifs is 1. The standard InChI is InChI=1S/C18H23N3O3S2/c22-18(6-5-17-19-15-3-1-2-4-16(15)25-17)21-10-8-20(9-11-21)14-7-12-26(23,24)13-14/h1-4,14H,5-13H2/t14-/m1/s1. The number of amides is 1. The molecular formula is C18H23N3O3S2. The van der Waals surface area contributed by atoms with Gasteiger partial charge in [-0.05, 0) is 18.6 Å². The van der Waals surface area contributed by atoms with Gasteiger partial charge in [-0.2, -0.15) is 0 Å². The highest BCUT2D eigenvalue weighted by molar-refractivity contribution is 7.91. The number of carbonyl (C=O) groups is 1. The number of aryl methyl sites for hydroxylation is 1. The molecule has 0 aliphatic carbocycles. The van der Waals surface area contributed by atoms with Crippen molar-refractivity contribution in [1.82, 2.24) is 14.8 Å². The number of carbonyl (C=O) groups excluding carboxylic acids is 1. The smallest absolute Gasteiger partial charge is 0.223 e. The summed E-state index contributed by atoms with van der Waals surface area (Å²) in [6, 6.07) is 8.18. The highest BCUT2D eigenvalue weighted by Crippen LogP contribution is 2.23. The lowest BCUT2D eigenvalue weighted by molar-refractivity contribution is -0.133. The summed E-state index contributed by atoms with van der Waals surface area (Å²) in [4.78, 5) is 21.2. The van der Waals surface area contributed by atoms with Crippen LogP contribution in [0.25, 0.3) is 10.2 Å². The third-order valence-electron chi connectivity index (χ3n) is 5.28. The van der Waals surface area contributed by atoms with Crippen LogP contribution in [0.3, 0.4) is 0 Å². The molecule has 0 saturated carbocycles. The Morgan fingerprint density at radius 3 is 2.65 bits per heavy atom. The molecule has 2 fully saturated rings. The van der Waals surface area contributed by atoms with Crippen LogP contribution in [0, 0.1) is 0 Å². The van der Waals surface area contributed by atoms with Crippen LogP contribution in [0.2, 0.25) is 0 Å². The van der Waals surface area contributed by atoms with Crippen LogP contribution in [0.4, 0.5) is 0 Å². The second kappa shape index (κ2) is 7.25. The fourth-order valence-electron chi connectivity index (χ4n) is 3.80. The van der Waals surface area contributed by atoms with Crippen LogP contribution >= 0.6 is 11.3 Å². The van der Waals surface area contributed by atoms with Crippen molar-refractivity contribution >= 4 is 37.3 Å². The minimum Gasteiger partial charge on any atom is -0.340 e. The fraction of sp³-hybridized carbons (Fsp3) is 0.556. The quantitative estimate of drug-likeness (QED) is 0.788. The zero-order valence-electron chi connectivity index (χ0n) is 14.6. The lowest BCUT2D eigenvalue weighted by atomic mass is 10.2. The summed E-state index contributed by atoms with van der Waals surface area (Å²) in [7, 11) is -2.85. The van der Waals surface area contributed by atoms with E-state index in [0.29, 0.717) is 31.7 Å². The maximum absolute atomic E-state index is 12.5. The number of para-hydroxylation sites is 1. The van der Waals surface area contributed by atoms with Crippen molar-refractivity contribution in [2.24, 2.45) is 0 Å². The monoisotopic (exact) mass is 393 g/mol. The molecule has 2 aromatic rings. The summed E-state index contributed by atoms with van der Waals surface area (Å²) >= 11 is 1.66. The molecule has 140 valence electrons. The summed E-state index contributed by atoms with van der Waals surface area (Å²) < 4.78 is 24.5. The number of nitrogens with zero attached hydrogens (tertiary/aromatic N) is 3. The van der Waals surface area contributed by atoms with E-state index >= 15 is 0 Å². The molecule has 0 unspecified atom stereocenters. The predicted octanol–water partition coefficient (Wildman–Crippen LogP) is 1.56. The number of aromatic nitrogens is 1. The Morgan fingerprint density at radius 1 is 1.19 bits per heavy atom. The number of thiazole rings is 1. The van der Waals surface area contributed by atoms with Gasteiger partial charge in [-0.15, -0.1) is 11.3 Å². The average molecular weight is 394 g/mol. The van der Waals surface area contributed by atoms with Crippen LogP contribution in [-0.2, 0) is 21.1 Å². The van der Waals surface area contributed by atoms with Gasteiger partial charge >= 0.3 is 0 Å². The normalized spacial score (nSPS) is 23.5. The van der Waals surface area contributed by atoms with Gasteiger partial charge in [-0.3, -0.25) is 9.69 Å². The number of benzene rings is 1. The molecule has 6 nitrogen and oxygen atoms in total. The molecule has 2 aliphatic rings. The molecular weight excluding hydrogens is 370 g/mol. The Balaban J connectivity index is 1.27. The van der Waals surface area contributed by atoms with E-state index in [4.69, 9.17) is 0 Å². The van der Waals surface area contributed by atoms with Gasteiger partial charge in [0.05, 0.1) is 26.7 Å². The van der Waals surface area contributed by atoms with Crippen LogP contribution in [0.15, 0.2) is 24.3 Å². The van der Waals surface area contributed by atoms with Crippen molar-refractivity contribution in [2.75, 3.05) is 37.7 Å². The van der Waals surface area contributed by atoms with Crippen LogP contribution in [0.1, 0.15) is 17.8 Å². The lowest BCUT2D eigenvalue weighted by Gasteiger charge is -2.37. The van der Waals surface area contributed by atoms with Crippen LogP contribution < -0.4 is 0 Å². The van der Waals surface area contributed by atoms with E-state index in [1.54, 1.807) is 11.3 Å². The summed E-state index contributed by atoms with van der Waals surface area (Å²) in [5.41, 5.74) is 1.00. The third-order valence-corrected chi connectivity index (χ3v) is 8.13. The Bertz CT molecular complexity index is 868. The van der Waals surface area contributed by atoms with Crippen molar-refractivity contribution in [3.63, 3.8) is 0 Å². The van der Waals surface area contributed by atoms with Crippen molar-refractivity contribution in [3.8, 4) is 0 Å². The Kier molecular flexibility index (Phi) is 4.98. The van der Waals surface area contributed by atoms with Crippen molar-refractivity contribution in [3.05, 3.63) is 29.3 Å². The van der Waals surface area contributed by atoms with E-state index < -0.39 is 9.84 Å². The zero-order valence-corrected chi connectivity index (χ0v) is 16.3. The molecule has 26 heavy (non-hydrogen) atoms. The van der Waals surface area contributed by atoms with Crippen LogP contribution in [0.5, 0.6) is 0 Å². The maximum atomic E-state index is 12.5. The molecule has 1 atom stereocenters. The molecule has 0 bridgehead atoms. The second-order valence-electron chi connectivity index (χ2n) is 7.05. The number of hydrogen-bond acceptors (Lipinski definition) is 6. The second-order valence-corrected chi connectivity index (χ2v) is 10.4. The SMILES string of the molecule is O=C(CCc1nc2ccccc2s1)N1CCN([C@@H]2CCS(=O)(=O)C2)CC1. The minimum absolute atomic E-state index is 0.139. The molecule has 2 saturated heterocycles. The van der Waals surface area contributed by atoms with E-state index in [9.17, 15) is 13.2 Å². The lowest BCUT2D eigenvalue weighted by Crippen LogP contribution is -2.52. The largest absolute Gasteiger partial charge is 0.340 e. The Morgan fingerprint density at radius 2 is 1.96 bits per heavy atom. The molecule has 1 aromatic heterocycles. The van der Waals surface area contributed by atoms with E-state index in [2.05, 4.69) is 16.0 Å². The van der Waals surface area contributed by atoms with Gasteiger partial charge in [-0.1, -0.05) is 12.1 Å². The summed E-state index contributed by atoms with van der Waals surface area (Å²) in [6.07, 6.45) is 1.89. The molecule has 1 aromatic carbocycles. The molecule has 1 amide bonds. The minimum atomic E-state index is -2.85. The molecule has 0 radical (unpaired) electrons. The fourth-order valence-corrected chi connectivity index (χ4v) is 6.53. The van der Waals surface area contributed by atoms with Crippen LogP contribution in [-0.4, -0.2) is 72.8 Å². The number of sulfone groups is 1. The first-order chi connectivity index (χ1) is 12.5. The third kappa shape index (κ3) is 3.92. The van der Waals surface area contributed by atoms with Gasteiger partial charge in [0.25, 0.3) is 0 Å². The van der Waals surface area contributed by atoms with Gasteiger partial charge in [0.2, 0.25) is 5.91 Å². The van der Waals surface area contributed by atoms with Gasteiger partial charge in [0.15, 0.2) is 9.84 Å². The molecule has 0 N–H and O–H groups in total. The highest BCUT2D eigenvalue weighted by atomic mass is 32.2. The first-order valence-electron chi connectivity index (χ1n) is 9.07. The van der Waals surface area contributed by atoms with E-state index in [1.807, 2.05) is 23.1 Å². The number of rotatable bonds is 4. The van der Waals surface area contributed by atoms with Gasteiger partial charge < -0.3 is 4.90 Å². The van der Waals surface area contributed by atoms with Gasteiger partial charge in [0, 0.05) is 45.1 Å². The van der Waals surface area contributed by atoms with Gasteiger partial charge in [-0.25, -0.2) is 13.4 Å². The number of piperazine rings is 1. The maximum Gasteiger partial charge on any atom is 0.223 e. The topological polar surface area (TPSA) is 70.6 Å². The first kappa shape index (κ1) is 17.9. The van der Waals surface area contributed by atoms with Crippen molar-refractivity contribution in [1.29, 1.82) is 0 Å². The van der Waals surface area contributed by atoms with E-state index in [1.165, 1.54) is 0 Å². The Labute approximate surface area is 157 Å². The summed E-state index contributed by atoms with van der Waals surface area (Å²) in [6.45, 7) is 2.92. The summed E-state index contributed by atoms with van der Waals surface area (Å²) in [5, 5.41) is 1.01. The van der Waals surface area contributed by atoms with E-state index in [0.717, 1.165) is 34.7 Å². The van der Waals surface area contributed by atoms with Crippen molar-refractivity contribution < 1.29 is 13.2 Å². The predicted molar refractivity (Wildman–Crippen MR) is 103 cm³/mol. The number of hydrogen-bond donors (Lipinski definition) is 0. The zero-order chi connectivity index (χ0) is 18.1. The molecule has 0 spiro atoms. The summed E-state index contributed by atoms with van der Waals surface area (Å²) in [5.74, 6) is 0.750. The molecule has 4 rings (SSSR count). The average Bonchev–Trinajstić information content (AvgIpc) is 3.22. The Hall–Kier alpha value is -1.51. The molecule has 8 heteroatoms. The molecule has 2 aliphatic heterocycles. The van der Waals surface area contributed by atoms with Gasteiger partial charge in [0.1, 0.15) is 0 Å². The highest BCUT2D eigenvalue weighted by Gasteiger charge is 2.34. The van der Waals surface area contributed by atoms with E-state index in [-0.39, 0.29) is 17.7 Å². The molecule has 3 heterocycles. The first-order valence-corrected chi connectivity index (χ1v) is 11.7.